The Hall–Kier alpha value is -1.88. The van der Waals surface area contributed by atoms with Gasteiger partial charge in [-0.3, -0.25) is 9.59 Å². The van der Waals surface area contributed by atoms with Crippen LogP contribution in [0.1, 0.15) is 48.5 Å². The summed E-state index contributed by atoms with van der Waals surface area (Å²) in [6.07, 6.45) is 4.21. The molecule has 0 unspecified atom stereocenters. The van der Waals surface area contributed by atoms with Crippen LogP contribution in [0.25, 0.3) is 0 Å². The maximum absolute atomic E-state index is 12.7. The fraction of sp³-hybridized carbons (Fsp3) is 0.579. The van der Waals surface area contributed by atoms with Crippen LogP contribution in [0.3, 0.4) is 0 Å². The van der Waals surface area contributed by atoms with Crippen molar-refractivity contribution in [3.05, 3.63) is 35.4 Å². The lowest BCUT2D eigenvalue weighted by atomic mass is 10.1. The van der Waals surface area contributed by atoms with Gasteiger partial charge in [-0.15, -0.1) is 0 Å². The fourth-order valence-electron chi connectivity index (χ4n) is 2.75. The van der Waals surface area contributed by atoms with Gasteiger partial charge in [-0.05, 0) is 56.2 Å². The third-order valence-corrected chi connectivity index (χ3v) is 4.69. The zero-order chi connectivity index (χ0) is 17.1. The van der Waals surface area contributed by atoms with E-state index in [4.69, 9.17) is 4.74 Å². The van der Waals surface area contributed by atoms with Gasteiger partial charge in [0.1, 0.15) is 6.10 Å². The van der Waals surface area contributed by atoms with Crippen LogP contribution in [-0.4, -0.2) is 42.5 Å². The van der Waals surface area contributed by atoms with Crippen molar-refractivity contribution in [2.75, 3.05) is 13.7 Å². The van der Waals surface area contributed by atoms with E-state index in [0.29, 0.717) is 30.7 Å². The maximum Gasteiger partial charge on any atom is 0.251 e. The fourth-order valence-corrected chi connectivity index (χ4v) is 2.75. The molecule has 1 aromatic carbocycles. The van der Waals surface area contributed by atoms with Crippen LogP contribution in [0, 0.1) is 5.92 Å². The van der Waals surface area contributed by atoms with Crippen molar-refractivity contribution in [3.63, 3.8) is 0 Å². The van der Waals surface area contributed by atoms with Crippen LogP contribution >= 0.6 is 0 Å². The monoisotopic (exact) mass is 330 g/mol. The Labute approximate surface area is 143 Å². The summed E-state index contributed by atoms with van der Waals surface area (Å²) in [7, 11) is 1.62. The summed E-state index contributed by atoms with van der Waals surface area (Å²) in [4.78, 5) is 26.3. The lowest BCUT2D eigenvalue weighted by molar-refractivity contribution is -0.144. The van der Waals surface area contributed by atoms with E-state index in [-0.39, 0.29) is 17.9 Å². The Bertz CT molecular complexity index is 591. The lowest BCUT2D eigenvalue weighted by Crippen LogP contribution is -2.40. The molecule has 0 heterocycles. The highest BCUT2D eigenvalue weighted by atomic mass is 16.5. The van der Waals surface area contributed by atoms with Crippen LogP contribution in [0.15, 0.2) is 24.3 Å². The molecule has 3 rings (SSSR count). The highest BCUT2D eigenvalue weighted by Crippen LogP contribution is 2.31. The largest absolute Gasteiger partial charge is 0.368 e. The van der Waals surface area contributed by atoms with Crippen molar-refractivity contribution in [1.82, 2.24) is 10.2 Å². The number of nitrogens with one attached hydrogen (secondary N) is 1. The maximum atomic E-state index is 12.7. The Kier molecular flexibility index (Phi) is 5.19. The number of hydrogen-bond donors (Lipinski definition) is 1. The van der Waals surface area contributed by atoms with Crippen molar-refractivity contribution in [2.24, 2.45) is 5.92 Å². The predicted octanol–water partition coefficient (Wildman–Crippen LogP) is 2.35. The van der Waals surface area contributed by atoms with E-state index in [2.05, 4.69) is 5.32 Å². The molecule has 0 bridgehead atoms. The number of amides is 2. The molecule has 2 fully saturated rings. The van der Waals surface area contributed by atoms with E-state index in [1.807, 2.05) is 24.0 Å². The van der Waals surface area contributed by atoms with E-state index in [9.17, 15) is 9.59 Å². The minimum Gasteiger partial charge on any atom is -0.368 e. The first kappa shape index (κ1) is 17.0. The molecule has 0 spiro atoms. The minimum atomic E-state index is -0.378. The summed E-state index contributed by atoms with van der Waals surface area (Å²) < 4.78 is 5.75. The van der Waals surface area contributed by atoms with Crippen molar-refractivity contribution >= 4 is 11.8 Å². The second kappa shape index (κ2) is 7.34. The second-order valence-electron chi connectivity index (χ2n) is 6.89. The molecule has 0 radical (unpaired) electrons. The first-order valence-corrected chi connectivity index (χ1v) is 8.81. The van der Waals surface area contributed by atoms with Crippen molar-refractivity contribution < 1.29 is 14.3 Å². The zero-order valence-corrected chi connectivity index (χ0v) is 14.5. The number of ether oxygens (including phenoxy) is 1. The zero-order valence-electron chi connectivity index (χ0n) is 14.5. The molecule has 2 amide bonds. The lowest BCUT2D eigenvalue weighted by Gasteiger charge is -2.26. The summed E-state index contributed by atoms with van der Waals surface area (Å²) in [5.74, 6) is 0.638. The van der Waals surface area contributed by atoms with E-state index in [1.165, 1.54) is 12.8 Å². The van der Waals surface area contributed by atoms with Gasteiger partial charge in [0.05, 0.1) is 6.61 Å². The molecule has 0 saturated heterocycles. The van der Waals surface area contributed by atoms with E-state index < -0.39 is 0 Å². The first-order valence-electron chi connectivity index (χ1n) is 8.81. The van der Waals surface area contributed by atoms with Gasteiger partial charge >= 0.3 is 0 Å². The minimum absolute atomic E-state index is 0.0773. The number of carbonyl (C=O) groups excluding carboxylic acids is 2. The van der Waals surface area contributed by atoms with Gasteiger partial charge in [0.25, 0.3) is 11.8 Å². The normalized spacial score (nSPS) is 18.1. The Morgan fingerprint density at radius 3 is 2.42 bits per heavy atom. The molecule has 5 heteroatoms. The molecule has 1 atom stereocenters. The second-order valence-corrected chi connectivity index (χ2v) is 6.89. The molecule has 2 aliphatic rings. The molecule has 24 heavy (non-hydrogen) atoms. The van der Waals surface area contributed by atoms with Gasteiger partial charge in [-0.2, -0.15) is 0 Å². The number of nitrogens with zero attached hydrogens (tertiary/aromatic N) is 1. The molecular weight excluding hydrogens is 304 g/mol. The average Bonchev–Trinajstić information content (AvgIpc) is 3.49. The average molecular weight is 330 g/mol. The van der Waals surface area contributed by atoms with Gasteiger partial charge < -0.3 is 15.0 Å². The van der Waals surface area contributed by atoms with Gasteiger partial charge in [0, 0.05) is 25.2 Å². The Morgan fingerprint density at radius 1 is 1.21 bits per heavy atom. The number of carbonyl (C=O) groups is 2. The Morgan fingerprint density at radius 2 is 1.88 bits per heavy atom. The standard InChI is InChI=1S/C19H26N2O3/c1-13(24-12-15-3-4-15)19(23)21(17-9-10-17)11-14-5-7-16(8-6-14)18(22)20-2/h5-8,13,15,17H,3-4,9-12H2,1-2H3,(H,20,22)/t13-/m0/s1. The van der Waals surface area contributed by atoms with E-state index in [0.717, 1.165) is 18.4 Å². The SMILES string of the molecule is CNC(=O)c1ccc(CN(C(=O)[C@H](C)OCC2CC2)C2CC2)cc1. The van der Waals surface area contributed by atoms with E-state index >= 15 is 0 Å². The van der Waals surface area contributed by atoms with Crippen LogP contribution < -0.4 is 5.32 Å². The van der Waals surface area contributed by atoms with Gasteiger partial charge in [0.15, 0.2) is 0 Å². The van der Waals surface area contributed by atoms with E-state index in [1.54, 1.807) is 19.2 Å². The predicted molar refractivity (Wildman–Crippen MR) is 91.5 cm³/mol. The van der Waals surface area contributed by atoms with Gasteiger partial charge in [-0.1, -0.05) is 12.1 Å². The van der Waals surface area contributed by atoms with Crippen LogP contribution in [0.5, 0.6) is 0 Å². The molecule has 1 aromatic rings. The van der Waals surface area contributed by atoms with Crippen molar-refractivity contribution in [2.45, 2.75) is 51.3 Å². The van der Waals surface area contributed by atoms with Crippen molar-refractivity contribution in [3.8, 4) is 0 Å². The summed E-state index contributed by atoms with van der Waals surface area (Å²) in [5.41, 5.74) is 1.67. The molecule has 0 aliphatic heterocycles. The molecular formula is C19H26N2O3. The summed E-state index contributed by atoms with van der Waals surface area (Å²) in [6.45, 7) is 3.13. The third-order valence-electron chi connectivity index (χ3n) is 4.69. The number of benzene rings is 1. The molecule has 1 N–H and O–H groups in total. The summed E-state index contributed by atoms with van der Waals surface area (Å²) in [6, 6.07) is 7.78. The first-order chi connectivity index (χ1) is 11.6. The molecule has 2 aliphatic carbocycles. The number of rotatable bonds is 8. The number of hydrogen-bond acceptors (Lipinski definition) is 3. The smallest absolute Gasteiger partial charge is 0.251 e. The molecule has 2 saturated carbocycles. The van der Waals surface area contributed by atoms with Gasteiger partial charge in [0.2, 0.25) is 0 Å². The topological polar surface area (TPSA) is 58.6 Å². The summed E-state index contributed by atoms with van der Waals surface area (Å²) >= 11 is 0. The molecule has 5 nitrogen and oxygen atoms in total. The summed E-state index contributed by atoms with van der Waals surface area (Å²) in [5, 5.41) is 2.61. The van der Waals surface area contributed by atoms with Crippen LogP contribution in [0.4, 0.5) is 0 Å². The highest BCUT2D eigenvalue weighted by molar-refractivity contribution is 5.93. The van der Waals surface area contributed by atoms with Crippen LogP contribution in [-0.2, 0) is 16.1 Å². The Balaban J connectivity index is 1.60. The molecule has 0 aromatic heterocycles. The highest BCUT2D eigenvalue weighted by Gasteiger charge is 2.35. The van der Waals surface area contributed by atoms with Gasteiger partial charge in [-0.25, -0.2) is 0 Å². The molecule has 130 valence electrons. The van der Waals surface area contributed by atoms with Crippen molar-refractivity contribution in [1.29, 1.82) is 0 Å². The van der Waals surface area contributed by atoms with Crippen LogP contribution in [0.2, 0.25) is 0 Å². The quantitative estimate of drug-likeness (QED) is 0.796. The third kappa shape index (κ3) is 4.35.